The molecule has 0 saturated heterocycles. The number of hydrogen-bond acceptors (Lipinski definition) is 4. The van der Waals surface area contributed by atoms with Crippen LogP contribution in [0.15, 0.2) is 18.2 Å². The Hall–Kier alpha value is -1.82. The molecule has 1 heterocycles. The van der Waals surface area contributed by atoms with Crippen molar-refractivity contribution in [1.82, 2.24) is 14.8 Å². The van der Waals surface area contributed by atoms with Gasteiger partial charge in [0.1, 0.15) is 11.5 Å². The number of ether oxygens (including phenoxy) is 2. The first-order chi connectivity index (χ1) is 8.71. The maximum Gasteiger partial charge on any atom is 0.195 e. The molecule has 18 heavy (non-hydrogen) atoms. The highest BCUT2D eigenvalue weighted by atomic mass is 32.1. The van der Waals surface area contributed by atoms with E-state index in [0.717, 1.165) is 23.7 Å². The van der Waals surface area contributed by atoms with E-state index in [-0.39, 0.29) is 0 Å². The van der Waals surface area contributed by atoms with Gasteiger partial charge < -0.3 is 14.0 Å². The molecule has 6 heteroatoms. The first-order valence-electron chi connectivity index (χ1n) is 5.58. The molecular weight excluding hydrogens is 250 g/mol. The Morgan fingerprint density at radius 1 is 1.33 bits per heavy atom. The Morgan fingerprint density at radius 3 is 2.72 bits per heavy atom. The van der Waals surface area contributed by atoms with Crippen LogP contribution in [-0.2, 0) is 6.54 Å². The summed E-state index contributed by atoms with van der Waals surface area (Å²) in [6.45, 7) is 2.77. The number of nitrogens with one attached hydrogen (secondary N) is 1. The minimum absolute atomic E-state index is 0.602. The largest absolute Gasteiger partial charge is 0.497 e. The summed E-state index contributed by atoms with van der Waals surface area (Å²) in [5, 5.41) is 7.04. The Labute approximate surface area is 110 Å². The highest BCUT2D eigenvalue weighted by Gasteiger charge is 2.13. The summed E-state index contributed by atoms with van der Waals surface area (Å²) in [4.78, 5) is 0. The van der Waals surface area contributed by atoms with Gasteiger partial charge in [-0.05, 0) is 31.3 Å². The molecule has 1 aromatic heterocycles. The Kier molecular flexibility index (Phi) is 3.66. The van der Waals surface area contributed by atoms with Gasteiger partial charge in [-0.15, -0.1) is 0 Å². The number of rotatable bonds is 4. The fourth-order valence-corrected chi connectivity index (χ4v) is 2.06. The highest BCUT2D eigenvalue weighted by molar-refractivity contribution is 7.71. The molecule has 1 N–H and O–H groups in total. The molecule has 0 amide bonds. The number of aromatic amines is 1. The van der Waals surface area contributed by atoms with E-state index < -0.39 is 0 Å². The zero-order valence-corrected chi connectivity index (χ0v) is 11.4. The van der Waals surface area contributed by atoms with Crippen molar-refractivity contribution < 1.29 is 9.47 Å². The van der Waals surface area contributed by atoms with Crippen molar-refractivity contribution in [2.45, 2.75) is 13.5 Å². The van der Waals surface area contributed by atoms with Crippen molar-refractivity contribution in [2.75, 3.05) is 14.2 Å². The van der Waals surface area contributed by atoms with Crippen LogP contribution in [0.25, 0.3) is 11.4 Å². The maximum absolute atomic E-state index is 5.37. The lowest BCUT2D eigenvalue weighted by molar-refractivity contribution is 0.395. The monoisotopic (exact) mass is 265 g/mol. The lowest BCUT2D eigenvalue weighted by atomic mass is 10.1. The van der Waals surface area contributed by atoms with Gasteiger partial charge in [0.15, 0.2) is 10.6 Å². The second-order valence-electron chi connectivity index (χ2n) is 3.66. The van der Waals surface area contributed by atoms with Crippen LogP contribution in [-0.4, -0.2) is 29.0 Å². The summed E-state index contributed by atoms with van der Waals surface area (Å²) in [6.07, 6.45) is 0. The number of aromatic nitrogens is 3. The third kappa shape index (κ3) is 2.11. The SMILES string of the molecule is CCn1c(-c2ccc(OC)cc2OC)n[nH]c1=S. The zero-order valence-electron chi connectivity index (χ0n) is 10.6. The summed E-state index contributed by atoms with van der Waals surface area (Å²) in [5.41, 5.74) is 0.882. The van der Waals surface area contributed by atoms with Crippen LogP contribution >= 0.6 is 12.2 Å². The Bertz CT molecular complexity index is 604. The number of methoxy groups -OCH3 is 2. The molecule has 2 aromatic rings. The molecule has 0 aliphatic carbocycles. The normalized spacial score (nSPS) is 10.4. The summed E-state index contributed by atoms with van der Waals surface area (Å²) in [5.74, 6) is 2.22. The quantitative estimate of drug-likeness (QED) is 0.863. The second-order valence-corrected chi connectivity index (χ2v) is 4.05. The van der Waals surface area contributed by atoms with E-state index in [4.69, 9.17) is 21.7 Å². The molecule has 0 spiro atoms. The smallest absolute Gasteiger partial charge is 0.195 e. The van der Waals surface area contributed by atoms with Crippen molar-refractivity contribution in [3.63, 3.8) is 0 Å². The first-order valence-corrected chi connectivity index (χ1v) is 5.99. The third-order valence-electron chi connectivity index (χ3n) is 2.72. The van der Waals surface area contributed by atoms with Crippen molar-refractivity contribution in [2.24, 2.45) is 0 Å². The van der Waals surface area contributed by atoms with E-state index in [1.165, 1.54) is 0 Å². The van der Waals surface area contributed by atoms with Crippen LogP contribution in [0.1, 0.15) is 6.92 Å². The molecule has 0 aliphatic heterocycles. The summed E-state index contributed by atoms with van der Waals surface area (Å²) in [6, 6.07) is 5.61. The van der Waals surface area contributed by atoms with Crippen LogP contribution in [0.2, 0.25) is 0 Å². The number of nitrogens with zero attached hydrogens (tertiary/aromatic N) is 2. The molecule has 0 fully saturated rings. The molecule has 0 aliphatic rings. The summed E-state index contributed by atoms with van der Waals surface area (Å²) >= 11 is 5.18. The van der Waals surface area contributed by atoms with Gasteiger partial charge in [-0.1, -0.05) is 0 Å². The minimum Gasteiger partial charge on any atom is -0.497 e. The van der Waals surface area contributed by atoms with Crippen molar-refractivity contribution in [3.05, 3.63) is 23.0 Å². The van der Waals surface area contributed by atoms with Crippen LogP contribution in [0.5, 0.6) is 11.5 Å². The van der Waals surface area contributed by atoms with Gasteiger partial charge in [0, 0.05) is 12.6 Å². The molecule has 0 bridgehead atoms. The van der Waals surface area contributed by atoms with Gasteiger partial charge in [-0.25, -0.2) is 0 Å². The maximum atomic E-state index is 5.37. The summed E-state index contributed by atoms with van der Waals surface area (Å²) < 4.78 is 13.1. The van der Waals surface area contributed by atoms with Crippen molar-refractivity contribution >= 4 is 12.2 Å². The molecule has 0 atom stereocenters. The van der Waals surface area contributed by atoms with E-state index >= 15 is 0 Å². The molecular formula is C12H15N3O2S. The average Bonchev–Trinajstić information content (AvgIpc) is 2.78. The lowest BCUT2D eigenvalue weighted by Gasteiger charge is -2.10. The predicted octanol–water partition coefficient (Wildman–Crippen LogP) is 2.64. The zero-order chi connectivity index (χ0) is 13.1. The van der Waals surface area contributed by atoms with E-state index in [1.54, 1.807) is 14.2 Å². The van der Waals surface area contributed by atoms with E-state index in [1.807, 2.05) is 29.7 Å². The molecule has 0 saturated carbocycles. The fraction of sp³-hybridized carbons (Fsp3) is 0.333. The van der Waals surface area contributed by atoms with Gasteiger partial charge in [-0.2, -0.15) is 5.10 Å². The van der Waals surface area contributed by atoms with Gasteiger partial charge in [0.25, 0.3) is 0 Å². The van der Waals surface area contributed by atoms with Crippen LogP contribution in [0.3, 0.4) is 0 Å². The third-order valence-corrected chi connectivity index (χ3v) is 3.04. The Morgan fingerprint density at radius 2 is 2.11 bits per heavy atom. The average molecular weight is 265 g/mol. The van der Waals surface area contributed by atoms with Gasteiger partial charge in [0.05, 0.1) is 19.8 Å². The number of H-pyrrole nitrogens is 1. The molecule has 1 aromatic carbocycles. The topological polar surface area (TPSA) is 52.1 Å². The molecule has 2 rings (SSSR count). The van der Waals surface area contributed by atoms with Crippen LogP contribution in [0, 0.1) is 4.77 Å². The minimum atomic E-state index is 0.602. The number of hydrogen-bond donors (Lipinski definition) is 1. The summed E-state index contributed by atoms with van der Waals surface area (Å²) in [7, 11) is 3.24. The standard InChI is InChI=1S/C12H15N3O2S/c1-4-15-11(13-14-12(15)18)9-6-5-8(16-2)7-10(9)17-3/h5-7H,4H2,1-3H3,(H,14,18). The molecule has 96 valence electrons. The van der Waals surface area contributed by atoms with Gasteiger partial charge in [-0.3, -0.25) is 5.10 Å². The van der Waals surface area contributed by atoms with E-state index in [0.29, 0.717) is 10.5 Å². The number of benzene rings is 1. The van der Waals surface area contributed by atoms with Gasteiger partial charge in [0.2, 0.25) is 0 Å². The fourth-order valence-electron chi connectivity index (χ4n) is 1.80. The van der Waals surface area contributed by atoms with Crippen molar-refractivity contribution in [3.8, 4) is 22.9 Å². The Balaban J connectivity index is 2.59. The molecule has 0 radical (unpaired) electrons. The van der Waals surface area contributed by atoms with Crippen molar-refractivity contribution in [1.29, 1.82) is 0 Å². The van der Waals surface area contributed by atoms with Crippen LogP contribution in [0.4, 0.5) is 0 Å². The molecule has 5 nitrogen and oxygen atoms in total. The lowest BCUT2D eigenvalue weighted by Crippen LogP contribution is -1.99. The van der Waals surface area contributed by atoms with E-state index in [9.17, 15) is 0 Å². The highest BCUT2D eigenvalue weighted by Crippen LogP contribution is 2.32. The molecule has 0 unspecified atom stereocenters. The van der Waals surface area contributed by atoms with E-state index in [2.05, 4.69) is 10.2 Å². The van der Waals surface area contributed by atoms with Crippen LogP contribution < -0.4 is 9.47 Å². The predicted molar refractivity (Wildman–Crippen MR) is 71.6 cm³/mol. The van der Waals surface area contributed by atoms with Gasteiger partial charge >= 0.3 is 0 Å². The first kappa shape index (κ1) is 12.6. The second kappa shape index (κ2) is 5.22.